The lowest BCUT2D eigenvalue weighted by atomic mass is 10.2. The largest absolute Gasteiger partial charge is 0.494 e. The number of aliphatic carboxylic acids is 1. The summed E-state index contributed by atoms with van der Waals surface area (Å²) in [6, 6.07) is 2.03. The number of aliphatic hydroxyl groups is 1. The minimum Gasteiger partial charge on any atom is -0.494 e. The Hall–Kier alpha value is -2.15. The molecule has 0 heterocycles. The Balaban J connectivity index is 2.84. The number of hydrogen-bond acceptors (Lipinski definition) is 4. The van der Waals surface area contributed by atoms with Crippen LogP contribution in [0.25, 0.3) is 0 Å². The van der Waals surface area contributed by atoms with E-state index in [0.717, 1.165) is 6.07 Å². The number of halogens is 1. The van der Waals surface area contributed by atoms with Gasteiger partial charge in [-0.3, -0.25) is 4.79 Å². The molecular weight excluding hydrogens is 245 g/mol. The van der Waals surface area contributed by atoms with E-state index in [1.54, 1.807) is 0 Å². The van der Waals surface area contributed by atoms with Crippen LogP contribution in [0.1, 0.15) is 10.4 Å². The number of aliphatic hydroxyl groups excluding tert-OH is 1. The molecule has 6 nitrogen and oxygen atoms in total. The molecule has 0 radical (unpaired) electrons. The maximum Gasteiger partial charge on any atom is 0.328 e. The molecular formula is C11H12FNO5. The van der Waals surface area contributed by atoms with Crippen molar-refractivity contribution >= 4 is 11.9 Å². The molecule has 1 rings (SSSR count). The fraction of sp³-hybridized carbons (Fsp3) is 0.273. The molecule has 7 heteroatoms. The molecule has 0 aliphatic carbocycles. The minimum absolute atomic E-state index is 0.0245. The zero-order valence-electron chi connectivity index (χ0n) is 9.51. The summed E-state index contributed by atoms with van der Waals surface area (Å²) in [7, 11) is 1.28. The van der Waals surface area contributed by atoms with Crippen molar-refractivity contribution in [2.24, 2.45) is 0 Å². The highest BCUT2D eigenvalue weighted by atomic mass is 19.1. The van der Waals surface area contributed by atoms with Gasteiger partial charge in [0.2, 0.25) is 0 Å². The molecule has 0 bridgehead atoms. The first kappa shape index (κ1) is 13.9. The first-order valence-electron chi connectivity index (χ1n) is 4.97. The lowest BCUT2D eigenvalue weighted by Gasteiger charge is -2.12. The fourth-order valence-electron chi connectivity index (χ4n) is 1.23. The molecule has 1 aromatic rings. The average molecular weight is 257 g/mol. The minimum atomic E-state index is -1.43. The van der Waals surface area contributed by atoms with Crippen LogP contribution in [0.2, 0.25) is 0 Å². The summed E-state index contributed by atoms with van der Waals surface area (Å²) >= 11 is 0. The molecule has 0 aliphatic heterocycles. The van der Waals surface area contributed by atoms with Crippen molar-refractivity contribution in [2.75, 3.05) is 13.7 Å². The molecule has 18 heavy (non-hydrogen) atoms. The van der Waals surface area contributed by atoms with Gasteiger partial charge < -0.3 is 20.3 Å². The number of rotatable bonds is 5. The molecule has 0 spiro atoms. The van der Waals surface area contributed by atoms with E-state index >= 15 is 0 Å². The van der Waals surface area contributed by atoms with E-state index in [2.05, 4.69) is 10.1 Å². The predicted molar refractivity (Wildman–Crippen MR) is 58.9 cm³/mol. The van der Waals surface area contributed by atoms with E-state index in [-0.39, 0.29) is 11.3 Å². The second-order valence-corrected chi connectivity index (χ2v) is 3.40. The third-order valence-corrected chi connectivity index (χ3v) is 2.20. The Kier molecular flexibility index (Phi) is 4.61. The highest BCUT2D eigenvalue weighted by molar-refractivity contribution is 5.96. The standard InChI is InChI=1S/C11H12FNO5/c1-18-9-3-2-6(4-7(9)12)10(15)13-8(5-14)11(16)17/h2-4,8,14H,5H2,1H3,(H,13,15)(H,16,17)/t8-/m0/s1. The van der Waals surface area contributed by atoms with Crippen molar-refractivity contribution in [3.05, 3.63) is 29.6 Å². The van der Waals surface area contributed by atoms with E-state index in [9.17, 15) is 14.0 Å². The molecule has 0 aliphatic rings. The number of carbonyl (C=O) groups excluding carboxylic acids is 1. The van der Waals surface area contributed by atoms with E-state index < -0.39 is 30.3 Å². The number of nitrogens with one attached hydrogen (secondary N) is 1. The lowest BCUT2D eigenvalue weighted by molar-refractivity contribution is -0.140. The molecule has 1 atom stereocenters. The molecule has 0 fully saturated rings. The first-order chi connectivity index (χ1) is 8.49. The van der Waals surface area contributed by atoms with Crippen molar-refractivity contribution < 1.29 is 28.9 Å². The Morgan fingerprint density at radius 3 is 2.61 bits per heavy atom. The van der Waals surface area contributed by atoms with Crippen molar-refractivity contribution in [3.63, 3.8) is 0 Å². The molecule has 0 unspecified atom stereocenters. The van der Waals surface area contributed by atoms with Gasteiger partial charge in [0, 0.05) is 5.56 Å². The zero-order chi connectivity index (χ0) is 13.7. The number of ether oxygens (including phenoxy) is 1. The van der Waals surface area contributed by atoms with Gasteiger partial charge >= 0.3 is 5.97 Å². The molecule has 1 aromatic carbocycles. The molecule has 0 saturated carbocycles. The number of methoxy groups -OCH3 is 1. The number of carboxylic acids is 1. The van der Waals surface area contributed by atoms with Crippen LogP contribution in [-0.2, 0) is 4.79 Å². The van der Waals surface area contributed by atoms with Crippen LogP contribution in [0, 0.1) is 5.82 Å². The molecule has 98 valence electrons. The van der Waals surface area contributed by atoms with Gasteiger partial charge in [-0.25, -0.2) is 9.18 Å². The summed E-state index contributed by atoms with van der Waals surface area (Å²) in [5.74, 6) is -2.93. The fourth-order valence-corrected chi connectivity index (χ4v) is 1.23. The quantitative estimate of drug-likeness (QED) is 0.690. The Bertz CT molecular complexity index is 463. The topological polar surface area (TPSA) is 95.9 Å². The second-order valence-electron chi connectivity index (χ2n) is 3.40. The molecule has 0 aromatic heterocycles. The Morgan fingerprint density at radius 2 is 2.17 bits per heavy atom. The number of benzene rings is 1. The number of carbonyl (C=O) groups is 2. The third-order valence-electron chi connectivity index (χ3n) is 2.20. The number of amides is 1. The van der Waals surface area contributed by atoms with Crippen LogP contribution < -0.4 is 10.1 Å². The maximum absolute atomic E-state index is 13.3. The SMILES string of the molecule is COc1ccc(C(=O)N[C@@H](CO)C(=O)O)cc1F. The van der Waals surface area contributed by atoms with Gasteiger partial charge in [0.05, 0.1) is 13.7 Å². The number of carboxylic acid groups (broad SMARTS) is 1. The van der Waals surface area contributed by atoms with Gasteiger partial charge in [-0.1, -0.05) is 0 Å². The van der Waals surface area contributed by atoms with Crippen LogP contribution in [-0.4, -0.2) is 41.8 Å². The van der Waals surface area contributed by atoms with E-state index in [4.69, 9.17) is 10.2 Å². The van der Waals surface area contributed by atoms with Gasteiger partial charge in [0.25, 0.3) is 5.91 Å². The van der Waals surface area contributed by atoms with E-state index in [1.165, 1.54) is 19.2 Å². The van der Waals surface area contributed by atoms with Gasteiger partial charge in [0.1, 0.15) is 0 Å². The lowest BCUT2D eigenvalue weighted by Crippen LogP contribution is -2.43. The summed E-state index contributed by atoms with van der Waals surface area (Å²) in [5.41, 5.74) is -0.0620. The van der Waals surface area contributed by atoms with E-state index in [1.807, 2.05) is 0 Å². The van der Waals surface area contributed by atoms with Crippen LogP contribution >= 0.6 is 0 Å². The van der Waals surface area contributed by atoms with Crippen LogP contribution in [0.4, 0.5) is 4.39 Å². The van der Waals surface area contributed by atoms with Gasteiger partial charge in [0.15, 0.2) is 17.6 Å². The monoisotopic (exact) mass is 257 g/mol. The summed E-state index contributed by atoms with van der Waals surface area (Å²) < 4.78 is 18.0. The summed E-state index contributed by atoms with van der Waals surface area (Å²) in [6.07, 6.45) is 0. The normalized spacial score (nSPS) is 11.7. The smallest absolute Gasteiger partial charge is 0.328 e. The highest BCUT2D eigenvalue weighted by Gasteiger charge is 2.20. The van der Waals surface area contributed by atoms with Crippen molar-refractivity contribution in [2.45, 2.75) is 6.04 Å². The highest BCUT2D eigenvalue weighted by Crippen LogP contribution is 2.17. The second kappa shape index (κ2) is 5.97. The zero-order valence-corrected chi connectivity index (χ0v) is 9.51. The van der Waals surface area contributed by atoms with Crippen LogP contribution in [0.5, 0.6) is 5.75 Å². The van der Waals surface area contributed by atoms with Gasteiger partial charge in [-0.15, -0.1) is 0 Å². The van der Waals surface area contributed by atoms with Gasteiger partial charge in [-0.2, -0.15) is 0 Å². The summed E-state index contributed by atoms with van der Waals surface area (Å²) in [5, 5.41) is 19.4. The predicted octanol–water partition coefficient (Wildman–Crippen LogP) is 0.00960. The Morgan fingerprint density at radius 1 is 1.50 bits per heavy atom. The van der Waals surface area contributed by atoms with Crippen molar-refractivity contribution in [1.82, 2.24) is 5.32 Å². The molecule has 1 amide bonds. The average Bonchev–Trinajstić information content (AvgIpc) is 2.35. The maximum atomic E-state index is 13.3. The van der Waals surface area contributed by atoms with Crippen LogP contribution in [0.3, 0.4) is 0 Å². The van der Waals surface area contributed by atoms with Crippen molar-refractivity contribution in [3.8, 4) is 5.75 Å². The van der Waals surface area contributed by atoms with Crippen LogP contribution in [0.15, 0.2) is 18.2 Å². The molecule has 0 saturated heterocycles. The number of hydrogen-bond donors (Lipinski definition) is 3. The third kappa shape index (κ3) is 3.17. The Labute approximate surface area is 102 Å². The first-order valence-corrected chi connectivity index (χ1v) is 4.97. The molecule has 3 N–H and O–H groups in total. The summed E-state index contributed by atoms with van der Waals surface area (Å²) in [6.45, 7) is -0.750. The van der Waals surface area contributed by atoms with Gasteiger partial charge in [-0.05, 0) is 18.2 Å². The van der Waals surface area contributed by atoms with E-state index in [0.29, 0.717) is 0 Å². The summed E-state index contributed by atoms with van der Waals surface area (Å²) in [4.78, 5) is 22.2. The van der Waals surface area contributed by atoms with Crippen molar-refractivity contribution in [1.29, 1.82) is 0 Å².